The van der Waals surface area contributed by atoms with Gasteiger partial charge in [-0.1, -0.05) is 6.92 Å². The van der Waals surface area contributed by atoms with Gasteiger partial charge < -0.3 is 15.0 Å². The summed E-state index contributed by atoms with van der Waals surface area (Å²) in [4.78, 5) is 40.4. The van der Waals surface area contributed by atoms with Crippen LogP contribution in [-0.4, -0.2) is 61.0 Å². The zero-order valence-corrected chi connectivity index (χ0v) is 18.4. The van der Waals surface area contributed by atoms with Crippen LogP contribution in [0.5, 0.6) is 0 Å². The van der Waals surface area contributed by atoms with Gasteiger partial charge in [0.2, 0.25) is 5.91 Å². The molecule has 1 fully saturated rings. The predicted molar refractivity (Wildman–Crippen MR) is 120 cm³/mol. The molecule has 1 aliphatic heterocycles. The maximum atomic E-state index is 12.6. The van der Waals surface area contributed by atoms with Gasteiger partial charge in [0.1, 0.15) is 5.00 Å². The summed E-state index contributed by atoms with van der Waals surface area (Å²) in [5.74, 6) is -0.593. The summed E-state index contributed by atoms with van der Waals surface area (Å²) < 4.78 is 5.10. The molecule has 2 aromatic rings. The maximum Gasteiger partial charge on any atom is 0.341 e. The van der Waals surface area contributed by atoms with Crippen LogP contribution in [0.25, 0.3) is 0 Å². The lowest BCUT2D eigenvalue weighted by atomic mass is 10.2. The Bertz CT molecular complexity index is 936. The van der Waals surface area contributed by atoms with Crippen molar-refractivity contribution in [2.45, 2.75) is 20.3 Å². The Morgan fingerprint density at radius 1 is 1.16 bits per heavy atom. The van der Waals surface area contributed by atoms with Gasteiger partial charge in [-0.25, -0.2) is 4.79 Å². The zero-order valence-electron chi connectivity index (χ0n) is 17.6. The fourth-order valence-electron chi connectivity index (χ4n) is 3.39. The fraction of sp³-hybridized carbons (Fsp3) is 0.429. The van der Waals surface area contributed by atoms with E-state index in [1.54, 1.807) is 25.1 Å². The summed E-state index contributed by atoms with van der Waals surface area (Å²) in [5, 5.41) is 14.2. The highest BCUT2D eigenvalue weighted by molar-refractivity contribution is 7.16. The van der Waals surface area contributed by atoms with Gasteiger partial charge >= 0.3 is 5.97 Å². The Morgan fingerprint density at radius 3 is 2.42 bits per heavy atom. The number of non-ortho nitro benzene ring substituents is 1. The van der Waals surface area contributed by atoms with Gasteiger partial charge in [-0.2, -0.15) is 0 Å². The number of nitrogens with one attached hydrogen (secondary N) is 1. The SMILES string of the molecule is CCOC(=O)c1cc(CC)sc1NC(=O)CN1CCN(c2ccc([N+](=O)[O-])cc2)CC1. The van der Waals surface area contributed by atoms with Crippen molar-refractivity contribution < 1.29 is 19.2 Å². The average Bonchev–Trinajstić information content (AvgIpc) is 3.17. The normalized spacial score (nSPS) is 14.3. The van der Waals surface area contributed by atoms with Crippen LogP contribution in [-0.2, 0) is 16.0 Å². The number of carbonyl (C=O) groups excluding carboxylic acids is 2. The molecule has 0 unspecified atom stereocenters. The number of ether oxygens (including phenoxy) is 1. The number of benzene rings is 1. The molecule has 3 rings (SSSR count). The largest absolute Gasteiger partial charge is 0.462 e. The van der Waals surface area contributed by atoms with Crippen molar-refractivity contribution in [3.63, 3.8) is 0 Å². The quantitative estimate of drug-likeness (QED) is 0.377. The lowest BCUT2D eigenvalue weighted by molar-refractivity contribution is -0.384. The summed E-state index contributed by atoms with van der Waals surface area (Å²) in [6.45, 7) is 7.09. The fourth-order valence-corrected chi connectivity index (χ4v) is 4.39. The molecule has 1 aromatic heterocycles. The molecule has 1 amide bonds. The second-order valence-electron chi connectivity index (χ2n) is 7.11. The summed E-state index contributed by atoms with van der Waals surface area (Å²) in [6.07, 6.45) is 0.775. The van der Waals surface area contributed by atoms with E-state index in [0.29, 0.717) is 23.7 Å². The van der Waals surface area contributed by atoms with Crippen LogP contribution >= 0.6 is 11.3 Å². The van der Waals surface area contributed by atoms with Crippen molar-refractivity contribution in [1.29, 1.82) is 0 Å². The molecular weight excluding hydrogens is 420 g/mol. The first-order valence-electron chi connectivity index (χ1n) is 10.2. The Kier molecular flexibility index (Phi) is 7.59. The highest BCUT2D eigenvalue weighted by Crippen LogP contribution is 2.29. The molecule has 10 heteroatoms. The van der Waals surface area contributed by atoms with Crippen molar-refractivity contribution in [2.24, 2.45) is 0 Å². The topological polar surface area (TPSA) is 105 Å². The van der Waals surface area contributed by atoms with Crippen molar-refractivity contribution >= 4 is 39.6 Å². The molecule has 31 heavy (non-hydrogen) atoms. The molecular formula is C21H26N4O5S. The van der Waals surface area contributed by atoms with Crippen LogP contribution in [0.15, 0.2) is 30.3 Å². The third-order valence-corrected chi connectivity index (χ3v) is 6.24. The molecule has 9 nitrogen and oxygen atoms in total. The highest BCUT2D eigenvalue weighted by Gasteiger charge is 2.22. The first kappa shape index (κ1) is 22.7. The van der Waals surface area contributed by atoms with Crippen LogP contribution in [0.3, 0.4) is 0 Å². The minimum Gasteiger partial charge on any atom is -0.462 e. The van der Waals surface area contributed by atoms with Crippen molar-refractivity contribution in [3.8, 4) is 0 Å². The lowest BCUT2D eigenvalue weighted by Gasteiger charge is -2.35. The molecule has 0 spiro atoms. The van der Waals surface area contributed by atoms with Gasteiger partial charge in [0, 0.05) is 48.9 Å². The second kappa shape index (κ2) is 10.4. The van der Waals surface area contributed by atoms with Gasteiger partial charge in [0.25, 0.3) is 5.69 Å². The number of hydrogen-bond acceptors (Lipinski definition) is 8. The van der Waals surface area contributed by atoms with E-state index in [1.165, 1.54) is 23.5 Å². The number of aryl methyl sites for hydroxylation is 1. The smallest absolute Gasteiger partial charge is 0.341 e. The van der Waals surface area contributed by atoms with E-state index < -0.39 is 10.9 Å². The number of thiophene rings is 1. The molecule has 0 radical (unpaired) electrons. The van der Waals surface area contributed by atoms with E-state index in [2.05, 4.69) is 15.1 Å². The number of nitrogens with zero attached hydrogens (tertiary/aromatic N) is 3. The molecule has 2 heterocycles. The van der Waals surface area contributed by atoms with E-state index in [-0.39, 0.29) is 24.7 Å². The lowest BCUT2D eigenvalue weighted by Crippen LogP contribution is -2.48. The van der Waals surface area contributed by atoms with E-state index in [4.69, 9.17) is 4.74 Å². The first-order chi connectivity index (χ1) is 14.9. The van der Waals surface area contributed by atoms with Gasteiger partial charge in [-0.05, 0) is 31.5 Å². The first-order valence-corrected chi connectivity index (χ1v) is 11.0. The number of anilines is 2. The number of nitro groups is 1. The molecule has 0 atom stereocenters. The average molecular weight is 447 g/mol. The molecule has 0 saturated carbocycles. The van der Waals surface area contributed by atoms with Gasteiger partial charge in [0.05, 0.1) is 23.6 Å². The molecule has 1 saturated heterocycles. The molecule has 166 valence electrons. The third-order valence-electron chi connectivity index (χ3n) is 5.05. The van der Waals surface area contributed by atoms with E-state index in [0.717, 1.165) is 30.1 Å². The van der Waals surface area contributed by atoms with Crippen LogP contribution in [0.4, 0.5) is 16.4 Å². The van der Waals surface area contributed by atoms with Crippen LogP contribution in [0.1, 0.15) is 29.1 Å². The number of amides is 1. The van der Waals surface area contributed by atoms with E-state index in [9.17, 15) is 19.7 Å². The summed E-state index contributed by atoms with van der Waals surface area (Å²) in [6, 6.07) is 8.28. The van der Waals surface area contributed by atoms with Crippen LogP contribution in [0, 0.1) is 10.1 Å². The minimum atomic E-state index is -0.425. The van der Waals surface area contributed by atoms with Crippen molar-refractivity contribution in [1.82, 2.24) is 4.90 Å². The Labute approximate surface area is 184 Å². The maximum absolute atomic E-state index is 12.6. The minimum absolute atomic E-state index is 0.0704. The van der Waals surface area contributed by atoms with E-state index >= 15 is 0 Å². The number of esters is 1. The summed E-state index contributed by atoms with van der Waals surface area (Å²) >= 11 is 1.40. The van der Waals surface area contributed by atoms with Crippen LogP contribution < -0.4 is 10.2 Å². The monoisotopic (exact) mass is 446 g/mol. The molecule has 1 aliphatic rings. The number of piperazine rings is 1. The number of rotatable bonds is 8. The van der Waals surface area contributed by atoms with E-state index in [1.807, 2.05) is 6.92 Å². The second-order valence-corrected chi connectivity index (χ2v) is 8.25. The summed E-state index contributed by atoms with van der Waals surface area (Å²) in [7, 11) is 0. The number of carbonyl (C=O) groups is 2. The Morgan fingerprint density at radius 2 is 1.84 bits per heavy atom. The predicted octanol–water partition coefficient (Wildman–Crippen LogP) is 3.16. The molecule has 1 aromatic carbocycles. The van der Waals surface area contributed by atoms with Gasteiger partial charge in [0.15, 0.2) is 0 Å². The molecule has 0 bridgehead atoms. The number of nitro benzene ring substituents is 1. The van der Waals surface area contributed by atoms with Crippen molar-refractivity contribution in [3.05, 3.63) is 50.9 Å². The number of hydrogen-bond donors (Lipinski definition) is 1. The van der Waals surface area contributed by atoms with Crippen molar-refractivity contribution in [2.75, 3.05) is 49.5 Å². The molecule has 1 N–H and O–H groups in total. The standard InChI is InChI=1S/C21H26N4O5S/c1-3-17-13-18(21(27)30-4-2)20(31-17)22-19(26)14-23-9-11-24(12-10-23)15-5-7-16(8-6-15)25(28)29/h5-8,13H,3-4,9-12,14H2,1-2H3,(H,22,26). The Hall–Kier alpha value is -2.98. The molecule has 0 aliphatic carbocycles. The van der Waals surface area contributed by atoms with Crippen LogP contribution in [0.2, 0.25) is 0 Å². The van der Waals surface area contributed by atoms with Gasteiger partial charge in [-0.3, -0.25) is 19.8 Å². The highest BCUT2D eigenvalue weighted by atomic mass is 32.1. The Balaban J connectivity index is 1.54. The van der Waals surface area contributed by atoms with Gasteiger partial charge in [-0.15, -0.1) is 11.3 Å². The zero-order chi connectivity index (χ0) is 22.4. The third kappa shape index (κ3) is 5.80. The summed E-state index contributed by atoms with van der Waals surface area (Å²) in [5.41, 5.74) is 1.40.